The number of aromatic amines is 1. The van der Waals surface area contributed by atoms with Crippen molar-refractivity contribution in [2.75, 3.05) is 18.5 Å². The Morgan fingerprint density at radius 3 is 2.91 bits per heavy atom. The van der Waals surface area contributed by atoms with Gasteiger partial charge in [0.2, 0.25) is 10.0 Å². The number of nitrogens with one attached hydrogen (secondary N) is 3. The van der Waals surface area contributed by atoms with Crippen LogP contribution in [0.2, 0.25) is 0 Å². The lowest BCUT2D eigenvalue weighted by Crippen LogP contribution is -2.32. The molecule has 2 aromatic carbocycles. The van der Waals surface area contributed by atoms with E-state index in [-0.39, 0.29) is 18.1 Å². The second-order valence-electron chi connectivity index (χ2n) is 9.00. The summed E-state index contributed by atoms with van der Waals surface area (Å²) >= 11 is 0. The van der Waals surface area contributed by atoms with Crippen LogP contribution in [0.15, 0.2) is 65.7 Å². The molecule has 2 aliphatic heterocycles. The fraction of sp³-hybridized carbons (Fsp3) is 0.360. The van der Waals surface area contributed by atoms with Crippen molar-refractivity contribution in [1.82, 2.24) is 9.71 Å². The van der Waals surface area contributed by atoms with Gasteiger partial charge >= 0.3 is 0 Å². The van der Waals surface area contributed by atoms with E-state index in [1.165, 1.54) is 10.9 Å². The monoisotopic (exact) mass is 449 g/mol. The molecule has 3 aliphatic rings. The van der Waals surface area contributed by atoms with E-state index in [9.17, 15) is 8.42 Å². The highest BCUT2D eigenvalue weighted by Crippen LogP contribution is 2.51. The zero-order valence-electron chi connectivity index (χ0n) is 17.8. The Morgan fingerprint density at radius 1 is 1.12 bits per heavy atom. The Kier molecular flexibility index (Phi) is 4.86. The maximum Gasteiger partial charge on any atom is 0.240 e. The van der Waals surface area contributed by atoms with Gasteiger partial charge < -0.3 is 15.0 Å². The lowest BCUT2D eigenvalue weighted by molar-refractivity contribution is 0.114. The molecule has 6 nitrogen and oxygen atoms in total. The molecule has 0 radical (unpaired) electrons. The molecule has 4 atom stereocenters. The summed E-state index contributed by atoms with van der Waals surface area (Å²) in [5.41, 5.74) is 4.46. The molecular formula is C25H27N3O3S. The van der Waals surface area contributed by atoms with Crippen molar-refractivity contribution < 1.29 is 13.2 Å². The highest BCUT2D eigenvalue weighted by Gasteiger charge is 2.39. The zero-order valence-corrected chi connectivity index (χ0v) is 18.6. The minimum absolute atomic E-state index is 0.0249. The number of sulfonamides is 1. The largest absolute Gasteiger partial charge is 0.378 e. The summed E-state index contributed by atoms with van der Waals surface area (Å²) in [6, 6.07) is 14.0. The summed E-state index contributed by atoms with van der Waals surface area (Å²) in [5.74, 6) is 0.540. The molecule has 1 aliphatic carbocycles. The lowest BCUT2D eigenvalue weighted by Gasteiger charge is -2.37. The van der Waals surface area contributed by atoms with Crippen LogP contribution in [-0.4, -0.2) is 32.7 Å². The van der Waals surface area contributed by atoms with Crippen molar-refractivity contribution in [3.05, 3.63) is 71.9 Å². The van der Waals surface area contributed by atoms with Crippen molar-refractivity contribution in [1.29, 1.82) is 0 Å². The van der Waals surface area contributed by atoms with Crippen LogP contribution in [0, 0.1) is 5.92 Å². The summed E-state index contributed by atoms with van der Waals surface area (Å²) in [6.45, 7) is 1.04. The Hall–Kier alpha value is -2.61. The zero-order chi connectivity index (χ0) is 21.7. The number of benzene rings is 2. The minimum Gasteiger partial charge on any atom is -0.378 e. The number of hydrogen-bond acceptors (Lipinski definition) is 4. The third-order valence-corrected chi connectivity index (χ3v) is 8.55. The first-order chi connectivity index (χ1) is 15.6. The Morgan fingerprint density at radius 2 is 2.03 bits per heavy atom. The second kappa shape index (κ2) is 7.76. The smallest absolute Gasteiger partial charge is 0.240 e. The molecule has 1 fully saturated rings. The first-order valence-corrected chi connectivity index (χ1v) is 12.8. The molecule has 3 aromatic rings. The normalized spacial score (nSPS) is 26.8. The van der Waals surface area contributed by atoms with Crippen LogP contribution in [-0.2, 0) is 14.8 Å². The summed E-state index contributed by atoms with van der Waals surface area (Å²) in [4.78, 5) is 3.72. The second-order valence-corrected chi connectivity index (χ2v) is 10.8. The number of fused-ring (bicyclic) bond motifs is 4. The lowest BCUT2D eigenvalue weighted by atomic mass is 9.77. The van der Waals surface area contributed by atoms with Crippen molar-refractivity contribution in [3.8, 4) is 0 Å². The highest BCUT2D eigenvalue weighted by molar-refractivity contribution is 7.89. The van der Waals surface area contributed by atoms with Gasteiger partial charge in [-0.1, -0.05) is 30.4 Å². The quantitative estimate of drug-likeness (QED) is 0.503. The van der Waals surface area contributed by atoms with Crippen LogP contribution in [0.25, 0.3) is 10.9 Å². The predicted molar refractivity (Wildman–Crippen MR) is 125 cm³/mol. The number of ether oxygens (including phenoxy) is 1. The minimum atomic E-state index is -3.58. The van der Waals surface area contributed by atoms with Gasteiger partial charge in [-0.2, -0.15) is 0 Å². The molecule has 0 saturated carbocycles. The number of H-pyrrole nitrogens is 1. The average molecular weight is 450 g/mol. The van der Waals surface area contributed by atoms with Gasteiger partial charge in [-0.3, -0.25) is 0 Å². The summed E-state index contributed by atoms with van der Waals surface area (Å²) in [7, 11) is -3.58. The van der Waals surface area contributed by atoms with Crippen molar-refractivity contribution in [2.24, 2.45) is 5.92 Å². The van der Waals surface area contributed by atoms with Crippen LogP contribution in [0.3, 0.4) is 0 Å². The number of rotatable bonds is 5. The number of para-hydroxylation sites is 1. The molecule has 7 heteroatoms. The van der Waals surface area contributed by atoms with E-state index in [1.807, 2.05) is 18.2 Å². The topological polar surface area (TPSA) is 83.2 Å². The van der Waals surface area contributed by atoms with E-state index in [0.29, 0.717) is 24.0 Å². The van der Waals surface area contributed by atoms with E-state index in [2.05, 4.69) is 51.6 Å². The number of aromatic nitrogens is 1. The van der Waals surface area contributed by atoms with Crippen molar-refractivity contribution in [3.63, 3.8) is 0 Å². The maximum absolute atomic E-state index is 13.0. The van der Waals surface area contributed by atoms with Crippen LogP contribution in [0.4, 0.5) is 5.69 Å². The van der Waals surface area contributed by atoms with Crippen molar-refractivity contribution >= 4 is 26.6 Å². The summed E-state index contributed by atoms with van der Waals surface area (Å²) in [5, 5.41) is 4.96. The van der Waals surface area contributed by atoms with Gasteiger partial charge in [0, 0.05) is 41.9 Å². The first-order valence-electron chi connectivity index (χ1n) is 11.3. The van der Waals surface area contributed by atoms with Gasteiger partial charge in [-0.05, 0) is 60.6 Å². The SMILES string of the molecule is O=S(=O)(NCC1CCCO1)c1ccc2c(c1)C1C=CCC1C(c1c[nH]c3ccccc13)N2. The van der Waals surface area contributed by atoms with E-state index in [4.69, 9.17) is 4.74 Å². The molecule has 3 heterocycles. The summed E-state index contributed by atoms with van der Waals surface area (Å²) in [6.07, 6.45) is 9.41. The third kappa shape index (κ3) is 3.36. The first kappa shape index (κ1) is 20.0. The maximum atomic E-state index is 13.0. The predicted octanol–water partition coefficient (Wildman–Crippen LogP) is 4.45. The molecule has 0 bridgehead atoms. The van der Waals surface area contributed by atoms with Gasteiger partial charge in [-0.25, -0.2) is 13.1 Å². The van der Waals surface area contributed by atoms with Gasteiger partial charge in [0.1, 0.15) is 0 Å². The molecule has 1 aromatic heterocycles. The van der Waals surface area contributed by atoms with Gasteiger partial charge in [-0.15, -0.1) is 0 Å². The number of anilines is 1. The van der Waals surface area contributed by atoms with E-state index in [0.717, 1.165) is 36.0 Å². The van der Waals surface area contributed by atoms with Gasteiger partial charge in [0.05, 0.1) is 17.0 Å². The van der Waals surface area contributed by atoms with E-state index < -0.39 is 10.0 Å². The summed E-state index contributed by atoms with van der Waals surface area (Å²) < 4.78 is 34.2. The van der Waals surface area contributed by atoms with Gasteiger partial charge in [0.15, 0.2) is 0 Å². The molecule has 32 heavy (non-hydrogen) atoms. The third-order valence-electron chi connectivity index (χ3n) is 7.13. The van der Waals surface area contributed by atoms with Gasteiger partial charge in [0.25, 0.3) is 0 Å². The van der Waals surface area contributed by atoms with Crippen LogP contribution >= 0.6 is 0 Å². The molecule has 6 rings (SSSR count). The molecular weight excluding hydrogens is 422 g/mol. The van der Waals surface area contributed by atoms with Crippen LogP contribution in [0.1, 0.15) is 42.3 Å². The molecule has 1 saturated heterocycles. The highest BCUT2D eigenvalue weighted by atomic mass is 32.2. The molecule has 4 unspecified atom stereocenters. The number of hydrogen-bond donors (Lipinski definition) is 3. The van der Waals surface area contributed by atoms with E-state index >= 15 is 0 Å². The Bertz CT molecular complexity index is 1290. The standard InChI is InChI=1S/C25H27N3O3S/c29-32(30,27-14-16-5-4-12-31-16)17-10-11-24-21(13-17)18-7-3-8-20(18)25(28-24)22-15-26-23-9-2-1-6-19(22)23/h1-3,6-7,9-11,13,15-16,18,20,25-28H,4-5,8,12,14H2. The average Bonchev–Trinajstić information content (AvgIpc) is 3.58. The van der Waals surface area contributed by atoms with Crippen LogP contribution in [0.5, 0.6) is 0 Å². The molecule has 0 amide bonds. The van der Waals surface area contributed by atoms with E-state index in [1.54, 1.807) is 6.07 Å². The Balaban J connectivity index is 1.32. The number of allylic oxidation sites excluding steroid dienone is 2. The fourth-order valence-electron chi connectivity index (χ4n) is 5.49. The molecule has 3 N–H and O–H groups in total. The fourth-order valence-corrected chi connectivity index (χ4v) is 6.59. The Labute approximate surface area is 188 Å². The van der Waals surface area contributed by atoms with Crippen LogP contribution < -0.4 is 10.0 Å². The van der Waals surface area contributed by atoms with Crippen molar-refractivity contribution in [2.45, 2.75) is 42.2 Å². The molecule has 166 valence electrons. The molecule has 0 spiro atoms.